The Morgan fingerprint density at radius 2 is 1.71 bits per heavy atom. The second-order valence-electron chi connectivity index (χ2n) is 5.86. The van der Waals surface area contributed by atoms with Gasteiger partial charge in [-0.25, -0.2) is 0 Å². The Hall–Kier alpha value is -2.19. The highest BCUT2D eigenvalue weighted by Gasteiger charge is 2.12. The first kappa shape index (κ1) is 15.2. The van der Waals surface area contributed by atoms with Gasteiger partial charge in [-0.2, -0.15) is 4.98 Å². The fourth-order valence-corrected chi connectivity index (χ4v) is 2.10. The minimum Gasteiger partial charge on any atom is -0.479 e. The summed E-state index contributed by atoms with van der Waals surface area (Å²) in [5.74, 6) is 4.01. The van der Waals surface area contributed by atoms with E-state index in [1.165, 1.54) is 5.56 Å². The van der Waals surface area contributed by atoms with Crippen molar-refractivity contribution in [3.05, 3.63) is 35.5 Å². The first-order valence-corrected chi connectivity index (χ1v) is 10.3. The van der Waals surface area contributed by atoms with E-state index < -0.39 is 8.07 Å². The first-order valence-electron chi connectivity index (χ1n) is 6.78. The highest BCUT2D eigenvalue weighted by atomic mass is 28.3. The van der Waals surface area contributed by atoms with E-state index in [1.54, 1.807) is 7.11 Å². The normalized spacial score (nSPS) is 10.7. The fraction of sp³-hybridized carbons (Fsp3) is 0.312. The third-order valence-corrected chi connectivity index (χ3v) is 3.59. The van der Waals surface area contributed by atoms with E-state index in [1.807, 2.05) is 31.2 Å². The SMILES string of the molecule is COc1nc(-c2ccc(C)cc2)nnc1C#C[Si](C)(C)C. The Bertz CT molecular complexity index is 694. The van der Waals surface area contributed by atoms with Gasteiger partial charge in [0.05, 0.1) is 7.11 Å². The average molecular weight is 297 g/mol. The topological polar surface area (TPSA) is 47.9 Å². The summed E-state index contributed by atoms with van der Waals surface area (Å²) in [6, 6.07) is 7.98. The van der Waals surface area contributed by atoms with Gasteiger partial charge in [-0.1, -0.05) is 49.5 Å². The summed E-state index contributed by atoms with van der Waals surface area (Å²) in [5.41, 5.74) is 5.85. The van der Waals surface area contributed by atoms with Crippen molar-refractivity contribution in [2.75, 3.05) is 7.11 Å². The molecule has 0 aliphatic heterocycles. The smallest absolute Gasteiger partial charge is 0.252 e. The van der Waals surface area contributed by atoms with Crippen LogP contribution < -0.4 is 4.74 Å². The summed E-state index contributed by atoms with van der Waals surface area (Å²) in [5, 5.41) is 8.32. The van der Waals surface area contributed by atoms with Gasteiger partial charge in [-0.15, -0.1) is 15.7 Å². The van der Waals surface area contributed by atoms with Crippen LogP contribution in [0.25, 0.3) is 11.4 Å². The van der Waals surface area contributed by atoms with Crippen molar-refractivity contribution in [2.45, 2.75) is 26.6 Å². The van der Waals surface area contributed by atoms with Crippen molar-refractivity contribution in [2.24, 2.45) is 0 Å². The summed E-state index contributed by atoms with van der Waals surface area (Å²) in [6.45, 7) is 8.56. The van der Waals surface area contributed by atoms with Crippen LogP contribution in [0.1, 0.15) is 11.3 Å². The van der Waals surface area contributed by atoms with Crippen molar-refractivity contribution in [3.8, 4) is 28.7 Å². The van der Waals surface area contributed by atoms with Crippen molar-refractivity contribution in [1.82, 2.24) is 15.2 Å². The van der Waals surface area contributed by atoms with E-state index in [4.69, 9.17) is 4.74 Å². The second kappa shape index (κ2) is 6.06. The van der Waals surface area contributed by atoms with Gasteiger partial charge in [0.15, 0.2) is 11.5 Å². The molecule has 2 rings (SSSR count). The molecule has 0 saturated carbocycles. The maximum Gasteiger partial charge on any atom is 0.252 e. The zero-order valence-corrected chi connectivity index (χ0v) is 14.1. The highest BCUT2D eigenvalue weighted by molar-refractivity contribution is 6.83. The number of benzene rings is 1. The molecule has 4 nitrogen and oxygen atoms in total. The lowest BCUT2D eigenvalue weighted by Crippen LogP contribution is -2.16. The molecule has 1 aromatic heterocycles. The van der Waals surface area contributed by atoms with Crippen LogP contribution in [-0.2, 0) is 0 Å². The molecule has 108 valence electrons. The minimum absolute atomic E-state index is 0.423. The molecule has 1 aromatic carbocycles. The van der Waals surface area contributed by atoms with E-state index in [0.717, 1.165) is 5.56 Å². The Labute approximate surface area is 126 Å². The van der Waals surface area contributed by atoms with Crippen LogP contribution in [0.2, 0.25) is 19.6 Å². The monoisotopic (exact) mass is 297 g/mol. The molecule has 0 atom stereocenters. The van der Waals surface area contributed by atoms with Crippen LogP contribution in [0.5, 0.6) is 5.88 Å². The number of hydrogen-bond acceptors (Lipinski definition) is 4. The lowest BCUT2D eigenvalue weighted by Gasteiger charge is -2.06. The molecule has 0 N–H and O–H groups in total. The lowest BCUT2D eigenvalue weighted by atomic mass is 10.1. The maximum atomic E-state index is 5.30. The quantitative estimate of drug-likeness (QED) is 0.631. The zero-order chi connectivity index (χ0) is 15.5. The summed E-state index contributed by atoms with van der Waals surface area (Å²) in [6.07, 6.45) is 0. The van der Waals surface area contributed by atoms with Crippen molar-refractivity contribution in [3.63, 3.8) is 0 Å². The Balaban J connectivity index is 2.40. The van der Waals surface area contributed by atoms with E-state index in [0.29, 0.717) is 17.4 Å². The number of aryl methyl sites for hydroxylation is 1. The molecule has 21 heavy (non-hydrogen) atoms. The minimum atomic E-state index is -1.47. The van der Waals surface area contributed by atoms with Crippen LogP contribution in [-0.4, -0.2) is 30.4 Å². The number of rotatable bonds is 2. The van der Waals surface area contributed by atoms with Gasteiger partial charge >= 0.3 is 0 Å². The third-order valence-electron chi connectivity index (χ3n) is 2.71. The summed E-state index contributed by atoms with van der Waals surface area (Å²) >= 11 is 0. The summed E-state index contributed by atoms with van der Waals surface area (Å²) in [7, 11) is 0.100. The van der Waals surface area contributed by atoms with Gasteiger partial charge < -0.3 is 4.74 Å². The van der Waals surface area contributed by atoms with Gasteiger partial charge in [-0.3, -0.25) is 0 Å². The molecular weight excluding hydrogens is 278 g/mol. The van der Waals surface area contributed by atoms with E-state index in [-0.39, 0.29) is 0 Å². The standard InChI is InChI=1S/C16H19N3OSi/c1-12-6-8-13(9-7-12)15-17-16(20-2)14(18-19-15)10-11-21(3,4)5/h6-9H,1-5H3. The van der Waals surface area contributed by atoms with Gasteiger partial charge in [0.1, 0.15) is 8.07 Å². The predicted octanol–water partition coefficient (Wildman–Crippen LogP) is 3.08. The number of hydrogen-bond donors (Lipinski definition) is 0. The molecule has 0 unspecified atom stereocenters. The largest absolute Gasteiger partial charge is 0.479 e. The molecule has 1 heterocycles. The van der Waals surface area contributed by atoms with Gasteiger partial charge in [0.2, 0.25) is 0 Å². The van der Waals surface area contributed by atoms with Crippen LogP contribution >= 0.6 is 0 Å². The van der Waals surface area contributed by atoms with Crippen molar-refractivity contribution < 1.29 is 4.74 Å². The van der Waals surface area contributed by atoms with E-state index in [2.05, 4.69) is 46.3 Å². The predicted molar refractivity (Wildman–Crippen MR) is 86.8 cm³/mol. The summed E-state index contributed by atoms with van der Waals surface area (Å²) in [4.78, 5) is 4.41. The molecule has 0 saturated heterocycles. The Kier molecular flexibility index (Phi) is 4.39. The Morgan fingerprint density at radius 3 is 2.29 bits per heavy atom. The first-order chi connectivity index (χ1) is 9.89. The molecule has 2 aromatic rings. The van der Waals surface area contributed by atoms with Gasteiger partial charge in [0, 0.05) is 5.56 Å². The number of nitrogens with zero attached hydrogens (tertiary/aromatic N) is 3. The van der Waals surface area contributed by atoms with Crippen LogP contribution in [0.4, 0.5) is 0 Å². The fourth-order valence-electron chi connectivity index (χ4n) is 1.60. The van der Waals surface area contributed by atoms with Crippen LogP contribution in [0.3, 0.4) is 0 Å². The number of methoxy groups -OCH3 is 1. The highest BCUT2D eigenvalue weighted by Crippen LogP contribution is 2.19. The van der Waals surface area contributed by atoms with E-state index in [9.17, 15) is 0 Å². The van der Waals surface area contributed by atoms with Crippen molar-refractivity contribution in [1.29, 1.82) is 0 Å². The molecule has 0 bridgehead atoms. The number of ether oxygens (including phenoxy) is 1. The van der Waals surface area contributed by atoms with Crippen LogP contribution in [0.15, 0.2) is 24.3 Å². The van der Waals surface area contributed by atoms with Crippen molar-refractivity contribution >= 4 is 8.07 Å². The van der Waals surface area contributed by atoms with E-state index >= 15 is 0 Å². The lowest BCUT2D eigenvalue weighted by molar-refractivity contribution is 0.392. The molecule has 0 spiro atoms. The van der Waals surface area contributed by atoms with Gasteiger partial charge in [-0.05, 0) is 12.8 Å². The summed E-state index contributed by atoms with van der Waals surface area (Å²) < 4.78 is 5.30. The molecule has 0 aliphatic carbocycles. The number of aromatic nitrogens is 3. The molecule has 0 amide bonds. The Morgan fingerprint density at radius 1 is 1.05 bits per heavy atom. The van der Waals surface area contributed by atoms with Gasteiger partial charge in [0.25, 0.3) is 5.88 Å². The third kappa shape index (κ3) is 4.13. The molecular formula is C16H19N3OSi. The average Bonchev–Trinajstić information content (AvgIpc) is 2.45. The van der Waals surface area contributed by atoms with Crippen LogP contribution in [0, 0.1) is 18.4 Å². The molecule has 0 fully saturated rings. The molecule has 0 radical (unpaired) electrons. The molecule has 5 heteroatoms. The second-order valence-corrected chi connectivity index (χ2v) is 10.6. The zero-order valence-electron chi connectivity index (χ0n) is 13.1. The molecule has 0 aliphatic rings. The maximum absolute atomic E-state index is 5.30.